The Balaban J connectivity index is 2.09. The van der Waals surface area contributed by atoms with Crippen LogP contribution in [-0.2, 0) is 4.74 Å². The number of ether oxygens (including phenoxy) is 1. The van der Waals surface area contributed by atoms with Gasteiger partial charge in [0, 0.05) is 11.8 Å². The van der Waals surface area contributed by atoms with Crippen molar-refractivity contribution in [2.24, 2.45) is 0 Å². The molecule has 25 heavy (non-hydrogen) atoms. The summed E-state index contributed by atoms with van der Waals surface area (Å²) in [6.07, 6.45) is 1.52. The SMILES string of the molecule is Cc1cccc(-c2nn(-c3ccc(F)cc3)cc2C(=O)OCC#N)c1. The molecule has 0 aliphatic heterocycles. The van der Waals surface area contributed by atoms with Crippen LogP contribution in [0.15, 0.2) is 54.7 Å². The zero-order valence-electron chi connectivity index (χ0n) is 13.4. The predicted molar refractivity (Wildman–Crippen MR) is 89.6 cm³/mol. The topological polar surface area (TPSA) is 67.9 Å². The number of esters is 1. The fraction of sp³-hybridized carbons (Fsp3) is 0.105. The lowest BCUT2D eigenvalue weighted by molar-refractivity contribution is 0.0556. The van der Waals surface area contributed by atoms with Crippen molar-refractivity contribution in [3.8, 4) is 23.0 Å². The fourth-order valence-electron chi connectivity index (χ4n) is 2.43. The van der Waals surface area contributed by atoms with Crippen molar-refractivity contribution in [2.75, 3.05) is 6.61 Å². The number of hydrogen-bond acceptors (Lipinski definition) is 4. The van der Waals surface area contributed by atoms with Crippen LogP contribution in [0.25, 0.3) is 16.9 Å². The summed E-state index contributed by atoms with van der Waals surface area (Å²) in [6.45, 7) is 1.60. The molecule has 6 heteroatoms. The summed E-state index contributed by atoms with van der Waals surface area (Å²) in [5.41, 5.74) is 3.06. The molecule has 3 aromatic rings. The van der Waals surface area contributed by atoms with Crippen LogP contribution in [0.2, 0.25) is 0 Å². The van der Waals surface area contributed by atoms with Crippen molar-refractivity contribution in [1.82, 2.24) is 9.78 Å². The largest absolute Gasteiger partial charge is 0.447 e. The van der Waals surface area contributed by atoms with Crippen molar-refractivity contribution >= 4 is 5.97 Å². The molecule has 0 atom stereocenters. The molecule has 2 aromatic carbocycles. The minimum atomic E-state index is -0.633. The number of aryl methyl sites for hydroxylation is 1. The monoisotopic (exact) mass is 335 g/mol. The highest BCUT2D eigenvalue weighted by molar-refractivity contribution is 5.96. The first kappa shape index (κ1) is 16.4. The normalized spacial score (nSPS) is 10.3. The molecule has 0 fully saturated rings. The molecule has 3 rings (SSSR count). The maximum atomic E-state index is 13.1. The van der Waals surface area contributed by atoms with Crippen LogP contribution in [0, 0.1) is 24.1 Å². The molecule has 0 amide bonds. The maximum absolute atomic E-state index is 13.1. The van der Waals surface area contributed by atoms with E-state index in [2.05, 4.69) is 5.10 Å². The Morgan fingerprint density at radius 1 is 1.28 bits per heavy atom. The van der Waals surface area contributed by atoms with Gasteiger partial charge in [-0.15, -0.1) is 0 Å². The summed E-state index contributed by atoms with van der Waals surface area (Å²) < 4.78 is 19.5. The molecular weight excluding hydrogens is 321 g/mol. The quantitative estimate of drug-likeness (QED) is 0.682. The molecule has 0 spiro atoms. The summed E-state index contributed by atoms with van der Waals surface area (Å²) in [4.78, 5) is 12.3. The molecule has 124 valence electrons. The number of rotatable bonds is 4. The van der Waals surface area contributed by atoms with Gasteiger partial charge in [-0.25, -0.2) is 13.9 Å². The number of halogens is 1. The second kappa shape index (κ2) is 6.97. The van der Waals surface area contributed by atoms with E-state index in [1.807, 2.05) is 31.2 Å². The van der Waals surface area contributed by atoms with Gasteiger partial charge < -0.3 is 4.74 Å². The number of aromatic nitrogens is 2. The van der Waals surface area contributed by atoms with E-state index in [4.69, 9.17) is 10.00 Å². The molecule has 0 bridgehead atoms. The van der Waals surface area contributed by atoms with Gasteiger partial charge >= 0.3 is 5.97 Å². The first-order valence-corrected chi connectivity index (χ1v) is 7.55. The number of carbonyl (C=O) groups is 1. The number of benzene rings is 2. The molecule has 0 radical (unpaired) electrons. The maximum Gasteiger partial charge on any atom is 0.343 e. The number of carbonyl (C=O) groups excluding carboxylic acids is 1. The molecule has 0 aliphatic rings. The van der Waals surface area contributed by atoms with Gasteiger partial charge in [0.2, 0.25) is 0 Å². The van der Waals surface area contributed by atoms with Crippen LogP contribution in [0.3, 0.4) is 0 Å². The van der Waals surface area contributed by atoms with E-state index >= 15 is 0 Å². The molecule has 0 saturated heterocycles. The molecule has 5 nitrogen and oxygen atoms in total. The molecule has 0 aliphatic carbocycles. The van der Waals surface area contributed by atoms with Gasteiger partial charge in [0.1, 0.15) is 23.1 Å². The highest BCUT2D eigenvalue weighted by Gasteiger charge is 2.20. The standard InChI is InChI=1S/C19H14FN3O2/c1-13-3-2-4-14(11-13)18-17(19(24)25-10-9-21)12-23(22-18)16-7-5-15(20)6-8-16/h2-8,11-12H,10H2,1H3. The van der Waals surface area contributed by atoms with Crippen LogP contribution in [0.1, 0.15) is 15.9 Å². The van der Waals surface area contributed by atoms with Crippen LogP contribution in [-0.4, -0.2) is 22.4 Å². The Morgan fingerprint density at radius 3 is 2.72 bits per heavy atom. The summed E-state index contributed by atoms with van der Waals surface area (Å²) in [7, 11) is 0. The molecule has 0 saturated carbocycles. The van der Waals surface area contributed by atoms with Crippen LogP contribution < -0.4 is 0 Å². The zero-order valence-corrected chi connectivity index (χ0v) is 13.4. The zero-order chi connectivity index (χ0) is 17.8. The Morgan fingerprint density at radius 2 is 2.04 bits per heavy atom. The lowest BCUT2D eigenvalue weighted by Gasteiger charge is -2.03. The molecule has 1 heterocycles. The Kier molecular flexibility index (Phi) is 4.57. The van der Waals surface area contributed by atoms with E-state index in [1.54, 1.807) is 18.2 Å². The Bertz CT molecular complexity index is 956. The molecule has 0 N–H and O–H groups in total. The second-order valence-corrected chi connectivity index (χ2v) is 5.42. The third-order valence-electron chi connectivity index (χ3n) is 3.58. The molecule has 0 unspecified atom stereocenters. The smallest absolute Gasteiger partial charge is 0.343 e. The highest BCUT2D eigenvalue weighted by Crippen LogP contribution is 2.25. The fourth-order valence-corrected chi connectivity index (χ4v) is 2.43. The average molecular weight is 335 g/mol. The van der Waals surface area contributed by atoms with E-state index in [0.717, 1.165) is 11.1 Å². The van der Waals surface area contributed by atoms with E-state index in [9.17, 15) is 9.18 Å². The number of nitriles is 1. The van der Waals surface area contributed by atoms with Gasteiger partial charge in [-0.2, -0.15) is 10.4 Å². The molecular formula is C19H14FN3O2. The minimum Gasteiger partial charge on any atom is -0.447 e. The Labute approximate surface area is 143 Å². The summed E-state index contributed by atoms with van der Waals surface area (Å²) in [5.74, 6) is -0.991. The van der Waals surface area contributed by atoms with Crippen molar-refractivity contribution in [2.45, 2.75) is 6.92 Å². The lowest BCUT2D eigenvalue weighted by atomic mass is 10.1. The van der Waals surface area contributed by atoms with Gasteiger partial charge in [-0.1, -0.05) is 23.8 Å². The Hall–Kier alpha value is -3.46. The second-order valence-electron chi connectivity index (χ2n) is 5.42. The van der Waals surface area contributed by atoms with E-state index in [0.29, 0.717) is 11.4 Å². The van der Waals surface area contributed by atoms with Crippen LogP contribution in [0.4, 0.5) is 4.39 Å². The van der Waals surface area contributed by atoms with Gasteiger partial charge in [0.15, 0.2) is 6.61 Å². The van der Waals surface area contributed by atoms with E-state index in [1.165, 1.54) is 23.0 Å². The third-order valence-corrected chi connectivity index (χ3v) is 3.58. The van der Waals surface area contributed by atoms with Crippen molar-refractivity contribution in [1.29, 1.82) is 5.26 Å². The number of hydrogen-bond donors (Lipinski definition) is 0. The van der Waals surface area contributed by atoms with Gasteiger partial charge in [0.05, 0.1) is 5.69 Å². The van der Waals surface area contributed by atoms with Gasteiger partial charge in [0.25, 0.3) is 0 Å². The van der Waals surface area contributed by atoms with Gasteiger partial charge in [-0.3, -0.25) is 0 Å². The predicted octanol–water partition coefficient (Wildman–Crippen LogP) is 3.67. The van der Waals surface area contributed by atoms with Crippen LogP contribution in [0.5, 0.6) is 0 Å². The van der Waals surface area contributed by atoms with Crippen molar-refractivity contribution in [3.63, 3.8) is 0 Å². The van der Waals surface area contributed by atoms with Crippen molar-refractivity contribution in [3.05, 3.63) is 71.7 Å². The van der Waals surface area contributed by atoms with Crippen LogP contribution >= 0.6 is 0 Å². The first-order valence-electron chi connectivity index (χ1n) is 7.55. The number of nitrogens with zero attached hydrogens (tertiary/aromatic N) is 3. The van der Waals surface area contributed by atoms with E-state index in [-0.39, 0.29) is 18.0 Å². The van der Waals surface area contributed by atoms with Gasteiger partial charge in [-0.05, 0) is 37.3 Å². The highest BCUT2D eigenvalue weighted by atomic mass is 19.1. The summed E-state index contributed by atoms with van der Waals surface area (Å²) in [5, 5.41) is 13.1. The lowest BCUT2D eigenvalue weighted by Crippen LogP contribution is -2.05. The summed E-state index contributed by atoms with van der Waals surface area (Å²) in [6, 6.07) is 15.1. The minimum absolute atomic E-state index is 0.241. The average Bonchev–Trinajstić information content (AvgIpc) is 3.06. The van der Waals surface area contributed by atoms with E-state index < -0.39 is 5.97 Å². The molecule has 1 aromatic heterocycles. The third kappa shape index (κ3) is 3.56. The van der Waals surface area contributed by atoms with Crippen molar-refractivity contribution < 1.29 is 13.9 Å². The first-order chi connectivity index (χ1) is 12.1. The summed E-state index contributed by atoms with van der Waals surface area (Å²) >= 11 is 0.